The van der Waals surface area contributed by atoms with Crippen molar-refractivity contribution in [1.82, 2.24) is 15.5 Å². The fourth-order valence-electron chi connectivity index (χ4n) is 1.94. The molecule has 0 aromatic carbocycles. The van der Waals surface area contributed by atoms with Gasteiger partial charge in [-0.15, -0.1) is 0 Å². The van der Waals surface area contributed by atoms with E-state index in [-0.39, 0.29) is 11.9 Å². The number of rotatable bonds is 9. The highest BCUT2D eigenvalue weighted by Gasteiger charge is 2.15. The summed E-state index contributed by atoms with van der Waals surface area (Å²) in [5.41, 5.74) is 0. The van der Waals surface area contributed by atoms with Gasteiger partial charge >= 0.3 is 0 Å². The van der Waals surface area contributed by atoms with Crippen LogP contribution < -0.4 is 10.6 Å². The summed E-state index contributed by atoms with van der Waals surface area (Å²) in [5, 5.41) is 6.40. The molecule has 19 heavy (non-hydrogen) atoms. The Morgan fingerprint density at radius 1 is 1.11 bits per heavy atom. The maximum atomic E-state index is 11.8. The Hall–Kier alpha value is -0.610. The lowest BCUT2D eigenvalue weighted by molar-refractivity contribution is -0.121. The van der Waals surface area contributed by atoms with Crippen LogP contribution in [0, 0.1) is 11.8 Å². The summed E-state index contributed by atoms with van der Waals surface area (Å²) in [6.45, 7) is 12.1. The minimum absolute atomic E-state index is 0.0914. The quantitative estimate of drug-likeness (QED) is 0.671. The van der Waals surface area contributed by atoms with Crippen molar-refractivity contribution in [3.63, 3.8) is 0 Å². The van der Waals surface area contributed by atoms with Crippen molar-refractivity contribution < 1.29 is 4.79 Å². The van der Waals surface area contributed by atoms with Crippen LogP contribution >= 0.6 is 0 Å². The average molecular weight is 271 g/mol. The van der Waals surface area contributed by atoms with Crippen LogP contribution in [-0.4, -0.2) is 50.1 Å². The molecule has 4 nitrogen and oxygen atoms in total. The Kier molecular flexibility index (Phi) is 9.02. The van der Waals surface area contributed by atoms with Crippen molar-refractivity contribution in [1.29, 1.82) is 0 Å². The van der Waals surface area contributed by atoms with E-state index >= 15 is 0 Å². The Morgan fingerprint density at radius 3 is 2.11 bits per heavy atom. The molecule has 2 atom stereocenters. The molecular formula is C15H33N3O. The highest BCUT2D eigenvalue weighted by atomic mass is 16.1. The molecule has 0 aromatic rings. The number of likely N-dealkylation sites (N-methyl/N-ethyl adjacent to an activating group) is 1. The molecule has 114 valence electrons. The van der Waals surface area contributed by atoms with E-state index in [0.717, 1.165) is 13.0 Å². The predicted octanol–water partition coefficient (Wildman–Crippen LogP) is 1.71. The fraction of sp³-hybridized carbons (Fsp3) is 0.933. The van der Waals surface area contributed by atoms with Gasteiger partial charge in [0.05, 0.1) is 6.54 Å². The van der Waals surface area contributed by atoms with Crippen molar-refractivity contribution in [2.24, 2.45) is 11.8 Å². The Labute approximate surface area is 119 Å². The van der Waals surface area contributed by atoms with Gasteiger partial charge in [-0.2, -0.15) is 0 Å². The third-order valence-corrected chi connectivity index (χ3v) is 3.28. The fourth-order valence-corrected chi connectivity index (χ4v) is 1.94. The first-order chi connectivity index (χ1) is 8.72. The molecule has 0 aromatic heterocycles. The van der Waals surface area contributed by atoms with Crippen LogP contribution in [0.4, 0.5) is 0 Å². The molecular weight excluding hydrogens is 238 g/mol. The Morgan fingerprint density at radius 2 is 1.68 bits per heavy atom. The summed E-state index contributed by atoms with van der Waals surface area (Å²) in [6.07, 6.45) is 1.09. The minimum atomic E-state index is 0.0914. The molecule has 0 heterocycles. The maximum absolute atomic E-state index is 11.8. The third-order valence-electron chi connectivity index (χ3n) is 3.28. The summed E-state index contributed by atoms with van der Waals surface area (Å²) >= 11 is 0. The molecule has 1 amide bonds. The van der Waals surface area contributed by atoms with Crippen molar-refractivity contribution in [2.75, 3.05) is 27.2 Å². The van der Waals surface area contributed by atoms with Gasteiger partial charge < -0.3 is 15.5 Å². The highest BCUT2D eigenvalue weighted by Crippen LogP contribution is 2.05. The normalized spacial score (nSPS) is 15.1. The Bertz CT molecular complexity index is 242. The van der Waals surface area contributed by atoms with Crippen molar-refractivity contribution >= 4 is 5.91 Å². The van der Waals surface area contributed by atoms with E-state index in [1.807, 2.05) is 6.92 Å². The minimum Gasteiger partial charge on any atom is -0.352 e. The molecule has 0 rings (SSSR count). The van der Waals surface area contributed by atoms with Gasteiger partial charge in [0.15, 0.2) is 0 Å². The zero-order chi connectivity index (χ0) is 15.0. The van der Waals surface area contributed by atoms with E-state index in [4.69, 9.17) is 0 Å². The van der Waals surface area contributed by atoms with Crippen LogP contribution in [0.1, 0.15) is 41.0 Å². The molecule has 0 bridgehead atoms. The van der Waals surface area contributed by atoms with Gasteiger partial charge in [-0.1, -0.05) is 27.7 Å². The zero-order valence-electron chi connectivity index (χ0n) is 13.8. The smallest absolute Gasteiger partial charge is 0.234 e. The second-order valence-corrected chi connectivity index (χ2v) is 6.57. The number of carbonyl (C=O) groups excluding carboxylic acids is 1. The van der Waals surface area contributed by atoms with Gasteiger partial charge in [-0.3, -0.25) is 4.79 Å². The molecule has 0 saturated heterocycles. The summed E-state index contributed by atoms with van der Waals surface area (Å²) < 4.78 is 0. The second kappa shape index (κ2) is 9.32. The van der Waals surface area contributed by atoms with Crippen LogP contribution in [0.3, 0.4) is 0 Å². The lowest BCUT2D eigenvalue weighted by atomic mass is 10.0. The van der Waals surface area contributed by atoms with Crippen molar-refractivity contribution in [3.8, 4) is 0 Å². The number of hydrogen-bond donors (Lipinski definition) is 2. The van der Waals surface area contributed by atoms with Gasteiger partial charge in [0.25, 0.3) is 0 Å². The van der Waals surface area contributed by atoms with Gasteiger partial charge in [-0.05, 0) is 39.3 Å². The topological polar surface area (TPSA) is 44.4 Å². The molecule has 0 saturated carbocycles. The number of carbonyl (C=O) groups is 1. The van der Waals surface area contributed by atoms with Crippen LogP contribution in [0.15, 0.2) is 0 Å². The van der Waals surface area contributed by atoms with Crippen LogP contribution in [-0.2, 0) is 4.79 Å². The lowest BCUT2D eigenvalue weighted by Crippen LogP contribution is -2.46. The van der Waals surface area contributed by atoms with Gasteiger partial charge in [-0.25, -0.2) is 0 Å². The highest BCUT2D eigenvalue weighted by molar-refractivity contribution is 5.78. The molecule has 0 aliphatic heterocycles. The monoisotopic (exact) mass is 271 g/mol. The number of nitrogens with zero attached hydrogens (tertiary/aromatic N) is 1. The van der Waals surface area contributed by atoms with Crippen LogP contribution in [0.5, 0.6) is 0 Å². The van der Waals surface area contributed by atoms with E-state index < -0.39 is 0 Å². The van der Waals surface area contributed by atoms with Crippen LogP contribution in [0.2, 0.25) is 0 Å². The number of amides is 1. The number of nitrogens with one attached hydrogen (secondary N) is 2. The molecule has 0 fully saturated rings. The van der Waals surface area contributed by atoms with Gasteiger partial charge in [0, 0.05) is 18.6 Å². The first-order valence-electron chi connectivity index (χ1n) is 7.39. The van der Waals surface area contributed by atoms with E-state index in [2.05, 4.69) is 57.3 Å². The van der Waals surface area contributed by atoms with Crippen molar-refractivity contribution in [3.05, 3.63) is 0 Å². The molecule has 0 aliphatic carbocycles. The average Bonchev–Trinajstić information content (AvgIpc) is 2.24. The van der Waals surface area contributed by atoms with E-state index in [0.29, 0.717) is 24.4 Å². The largest absolute Gasteiger partial charge is 0.352 e. The second-order valence-electron chi connectivity index (χ2n) is 6.57. The van der Waals surface area contributed by atoms with E-state index in [1.165, 1.54) is 0 Å². The Balaban J connectivity index is 4.12. The third kappa shape index (κ3) is 9.91. The zero-order valence-corrected chi connectivity index (χ0v) is 13.8. The molecule has 0 aliphatic rings. The van der Waals surface area contributed by atoms with E-state index in [9.17, 15) is 4.79 Å². The van der Waals surface area contributed by atoms with Crippen LogP contribution in [0.25, 0.3) is 0 Å². The van der Waals surface area contributed by atoms with Crippen molar-refractivity contribution in [2.45, 2.75) is 53.1 Å². The van der Waals surface area contributed by atoms with Gasteiger partial charge in [0.2, 0.25) is 5.91 Å². The molecule has 2 N–H and O–H groups in total. The summed E-state index contributed by atoms with van der Waals surface area (Å²) in [7, 11) is 4.13. The van der Waals surface area contributed by atoms with E-state index in [1.54, 1.807) is 0 Å². The SMILES string of the molecule is CC(C)CC(CN(C)C)NCC(=O)NC(C)C(C)C. The predicted molar refractivity (Wildman–Crippen MR) is 82.2 cm³/mol. The first kappa shape index (κ1) is 18.4. The molecule has 0 spiro atoms. The molecule has 4 heteroatoms. The summed E-state index contributed by atoms with van der Waals surface area (Å²) in [4.78, 5) is 14.0. The summed E-state index contributed by atoms with van der Waals surface area (Å²) in [6, 6.07) is 0.599. The maximum Gasteiger partial charge on any atom is 0.234 e. The first-order valence-corrected chi connectivity index (χ1v) is 7.39. The van der Waals surface area contributed by atoms with Gasteiger partial charge in [0.1, 0.15) is 0 Å². The molecule has 2 unspecified atom stereocenters. The molecule has 0 radical (unpaired) electrons. The summed E-state index contributed by atoms with van der Waals surface area (Å²) in [5.74, 6) is 1.20. The number of hydrogen-bond acceptors (Lipinski definition) is 3. The lowest BCUT2D eigenvalue weighted by Gasteiger charge is -2.24. The standard InChI is InChI=1S/C15H33N3O/c1-11(2)8-14(10-18(6)7)16-9-15(19)17-13(5)12(3)4/h11-14,16H,8-10H2,1-7H3,(H,17,19).